The number of esters is 1. The van der Waals surface area contributed by atoms with Gasteiger partial charge in [0.05, 0.1) is 25.2 Å². The van der Waals surface area contributed by atoms with E-state index in [9.17, 15) is 13.6 Å². The van der Waals surface area contributed by atoms with Gasteiger partial charge in [-0.25, -0.2) is 13.8 Å². The maximum atomic E-state index is 13.8. The fourth-order valence-electron chi connectivity index (χ4n) is 4.97. The van der Waals surface area contributed by atoms with Gasteiger partial charge in [-0.1, -0.05) is 17.7 Å². The Morgan fingerprint density at radius 3 is 2.75 bits per heavy atom. The third kappa shape index (κ3) is 4.22. The van der Waals surface area contributed by atoms with Crippen LogP contribution in [0, 0.1) is 25.5 Å². The van der Waals surface area contributed by atoms with Gasteiger partial charge in [0.2, 0.25) is 0 Å². The number of hydrogen-bond acceptors (Lipinski definition) is 4. The first kappa shape index (κ1) is 24.3. The van der Waals surface area contributed by atoms with Crippen molar-refractivity contribution < 1.29 is 23.0 Å². The number of ether oxygens (including phenoxy) is 2. The van der Waals surface area contributed by atoms with Crippen molar-refractivity contribution in [3.63, 3.8) is 0 Å². The van der Waals surface area contributed by atoms with E-state index in [-0.39, 0.29) is 12.4 Å². The van der Waals surface area contributed by atoms with E-state index in [0.717, 1.165) is 57.9 Å². The highest BCUT2D eigenvalue weighted by atomic mass is 35.5. The summed E-state index contributed by atoms with van der Waals surface area (Å²) in [6, 6.07) is 7.68. The van der Waals surface area contributed by atoms with Crippen molar-refractivity contribution >= 4 is 28.6 Å². The molecule has 0 amide bonds. The molecule has 3 heterocycles. The quantitative estimate of drug-likeness (QED) is 0.294. The summed E-state index contributed by atoms with van der Waals surface area (Å²) in [5.74, 6) is -1.43. The average molecular weight is 511 g/mol. The van der Waals surface area contributed by atoms with Crippen molar-refractivity contribution in [1.29, 1.82) is 0 Å². The Labute approximate surface area is 212 Å². The van der Waals surface area contributed by atoms with Crippen LogP contribution in [-0.4, -0.2) is 29.2 Å². The van der Waals surface area contributed by atoms with Gasteiger partial charge in [0.15, 0.2) is 11.6 Å². The molecule has 0 saturated heterocycles. The molecule has 0 saturated carbocycles. The molecule has 0 aliphatic carbocycles. The second-order valence-electron chi connectivity index (χ2n) is 9.02. The zero-order valence-electron chi connectivity index (χ0n) is 20.3. The van der Waals surface area contributed by atoms with Gasteiger partial charge in [-0.15, -0.1) is 0 Å². The zero-order chi connectivity index (χ0) is 25.6. The zero-order valence-corrected chi connectivity index (χ0v) is 21.0. The van der Waals surface area contributed by atoms with Crippen LogP contribution in [0.5, 0.6) is 5.75 Å². The summed E-state index contributed by atoms with van der Waals surface area (Å²) in [6.45, 7) is 4.83. The number of methoxy groups -OCH3 is 1. The van der Waals surface area contributed by atoms with E-state index in [0.29, 0.717) is 35.1 Å². The minimum Gasteiger partial charge on any atom is -0.492 e. The van der Waals surface area contributed by atoms with E-state index in [1.807, 2.05) is 36.7 Å². The fraction of sp³-hybridized carbons (Fsp3) is 0.286. The summed E-state index contributed by atoms with van der Waals surface area (Å²) in [6.07, 6.45) is 3.67. The van der Waals surface area contributed by atoms with Crippen LogP contribution < -0.4 is 4.74 Å². The molecule has 0 unspecified atom stereocenters. The van der Waals surface area contributed by atoms with Gasteiger partial charge in [-0.2, -0.15) is 0 Å². The van der Waals surface area contributed by atoms with Crippen LogP contribution in [0.3, 0.4) is 0 Å². The smallest absolute Gasteiger partial charge is 0.310 e. The number of pyridine rings is 1. The highest BCUT2D eigenvalue weighted by Gasteiger charge is 2.25. The lowest BCUT2D eigenvalue weighted by atomic mass is 9.88. The Morgan fingerprint density at radius 1 is 1.19 bits per heavy atom. The van der Waals surface area contributed by atoms with Crippen LogP contribution in [0.25, 0.3) is 22.2 Å². The number of aromatic nitrogens is 2. The molecule has 2 aromatic carbocycles. The number of carbonyl (C=O) groups is 1. The normalized spacial score (nSPS) is 12.9. The summed E-state index contributed by atoms with van der Waals surface area (Å²) in [5.41, 5.74) is 6.59. The van der Waals surface area contributed by atoms with Gasteiger partial charge in [-0.3, -0.25) is 4.79 Å². The van der Waals surface area contributed by atoms with E-state index >= 15 is 0 Å². The van der Waals surface area contributed by atoms with E-state index < -0.39 is 11.6 Å². The third-order valence-electron chi connectivity index (χ3n) is 6.81. The van der Waals surface area contributed by atoms with Crippen molar-refractivity contribution in [2.45, 2.75) is 39.7 Å². The molecule has 0 fully saturated rings. The number of nitrogens with zero attached hydrogens (tertiary/aromatic N) is 2. The summed E-state index contributed by atoms with van der Waals surface area (Å²) in [4.78, 5) is 17.2. The number of halogens is 3. The molecule has 2 aromatic heterocycles. The fourth-order valence-corrected chi connectivity index (χ4v) is 5.25. The molecular weight excluding hydrogens is 486 g/mol. The summed E-state index contributed by atoms with van der Waals surface area (Å²) < 4.78 is 40.0. The first-order valence-corrected chi connectivity index (χ1v) is 12.1. The molecule has 0 atom stereocenters. The average Bonchev–Trinajstić information content (AvgIpc) is 3.26. The molecule has 0 radical (unpaired) electrons. The van der Waals surface area contributed by atoms with Crippen molar-refractivity contribution in [3.05, 3.63) is 81.1 Å². The number of aryl methyl sites for hydroxylation is 1. The first-order chi connectivity index (χ1) is 17.3. The van der Waals surface area contributed by atoms with Crippen LogP contribution in [0.1, 0.15) is 34.4 Å². The van der Waals surface area contributed by atoms with Gasteiger partial charge in [0.25, 0.3) is 0 Å². The lowest BCUT2D eigenvalue weighted by Gasteiger charge is -2.24. The number of hydrogen-bond donors (Lipinski definition) is 0. The molecule has 5 nitrogen and oxygen atoms in total. The molecule has 186 valence electrons. The predicted molar refractivity (Wildman–Crippen MR) is 135 cm³/mol. The molecule has 8 heteroatoms. The Balaban J connectivity index is 1.74. The summed E-state index contributed by atoms with van der Waals surface area (Å²) >= 11 is 6.68. The van der Waals surface area contributed by atoms with Crippen molar-refractivity contribution in [2.75, 3.05) is 13.7 Å². The molecule has 1 aliphatic heterocycles. The van der Waals surface area contributed by atoms with Gasteiger partial charge >= 0.3 is 5.97 Å². The first-order valence-electron chi connectivity index (χ1n) is 11.7. The molecule has 36 heavy (non-hydrogen) atoms. The van der Waals surface area contributed by atoms with E-state index in [4.69, 9.17) is 26.1 Å². The van der Waals surface area contributed by atoms with Gasteiger partial charge in [-0.05, 0) is 84.3 Å². The minimum absolute atomic E-state index is 0.0552. The Kier molecular flexibility index (Phi) is 6.43. The lowest BCUT2D eigenvalue weighted by molar-refractivity contribution is -0.139. The van der Waals surface area contributed by atoms with Crippen LogP contribution in [-0.2, 0) is 28.9 Å². The topological polar surface area (TPSA) is 53.3 Å². The number of rotatable bonds is 5. The van der Waals surface area contributed by atoms with Crippen LogP contribution >= 0.6 is 11.6 Å². The van der Waals surface area contributed by atoms with E-state index in [1.54, 1.807) is 6.07 Å². The molecular formula is C28H25ClF2N2O3. The Bertz CT molecular complexity index is 1510. The lowest BCUT2D eigenvalue weighted by Crippen LogP contribution is -2.13. The summed E-state index contributed by atoms with van der Waals surface area (Å²) in [5, 5.41) is 1.36. The van der Waals surface area contributed by atoms with Crippen LogP contribution in [0.4, 0.5) is 8.78 Å². The van der Waals surface area contributed by atoms with Gasteiger partial charge in [0, 0.05) is 23.8 Å². The largest absolute Gasteiger partial charge is 0.492 e. The van der Waals surface area contributed by atoms with Gasteiger partial charge < -0.3 is 14.0 Å². The molecule has 4 aromatic rings. The van der Waals surface area contributed by atoms with Crippen molar-refractivity contribution in [2.24, 2.45) is 0 Å². The molecule has 1 aliphatic rings. The van der Waals surface area contributed by atoms with E-state index in [2.05, 4.69) is 0 Å². The minimum atomic E-state index is -0.893. The SMILES string of the molecule is COC(=O)Cc1c(C)nc2c(ccn2Cc2ccc(F)c(F)c2)c1-c1cc(Cl)c2c(c1C)CCCO2. The molecule has 0 bridgehead atoms. The third-order valence-corrected chi connectivity index (χ3v) is 7.09. The predicted octanol–water partition coefficient (Wildman–Crippen LogP) is 6.34. The van der Waals surface area contributed by atoms with Crippen molar-refractivity contribution in [1.82, 2.24) is 9.55 Å². The van der Waals surface area contributed by atoms with Gasteiger partial charge in [0.1, 0.15) is 11.4 Å². The molecule has 0 spiro atoms. The molecule has 5 rings (SSSR count). The maximum Gasteiger partial charge on any atom is 0.310 e. The highest BCUT2D eigenvalue weighted by molar-refractivity contribution is 6.32. The number of benzene rings is 2. The van der Waals surface area contributed by atoms with Crippen LogP contribution in [0.15, 0.2) is 36.5 Å². The second-order valence-corrected chi connectivity index (χ2v) is 9.43. The maximum absolute atomic E-state index is 13.8. The molecule has 0 N–H and O–H groups in total. The number of carbonyl (C=O) groups excluding carboxylic acids is 1. The monoisotopic (exact) mass is 510 g/mol. The van der Waals surface area contributed by atoms with E-state index in [1.165, 1.54) is 13.2 Å². The highest BCUT2D eigenvalue weighted by Crippen LogP contribution is 2.44. The summed E-state index contributed by atoms with van der Waals surface area (Å²) in [7, 11) is 1.36. The Hall–Kier alpha value is -3.45. The van der Waals surface area contributed by atoms with Crippen molar-refractivity contribution in [3.8, 4) is 16.9 Å². The Morgan fingerprint density at radius 2 is 2.00 bits per heavy atom. The standard InChI is InChI=1S/C28H25ClF2N2O3/c1-15-18-5-4-10-36-27(18)22(29)12-20(15)26-19-8-9-33(14-17-6-7-23(30)24(31)11-17)28(19)32-16(2)21(26)13-25(34)35-3/h6-9,11-12H,4-5,10,13-14H2,1-3H3. The second kappa shape index (κ2) is 9.54. The van der Waals surface area contributed by atoms with Crippen LogP contribution in [0.2, 0.25) is 5.02 Å². The number of fused-ring (bicyclic) bond motifs is 2.